The van der Waals surface area contributed by atoms with Crippen LogP contribution in [0.25, 0.3) is 11.0 Å². The van der Waals surface area contributed by atoms with Gasteiger partial charge < -0.3 is 5.32 Å². The van der Waals surface area contributed by atoms with Gasteiger partial charge in [-0.1, -0.05) is 59.7 Å². The molecule has 0 atom stereocenters. The maximum absolute atomic E-state index is 13.2. The molecule has 2 aromatic heterocycles. The van der Waals surface area contributed by atoms with Gasteiger partial charge in [-0.2, -0.15) is 0 Å². The Morgan fingerprint density at radius 3 is 2.16 bits per heavy atom. The van der Waals surface area contributed by atoms with Crippen LogP contribution in [0.2, 0.25) is 0 Å². The molecule has 162 valence electrons. The number of carbonyl (C=O) groups excluding carboxylic acids is 1. The summed E-state index contributed by atoms with van der Waals surface area (Å²) < 4.78 is 2.44. The van der Waals surface area contributed by atoms with Crippen molar-refractivity contribution in [1.29, 1.82) is 0 Å². The fraction of sp³-hybridized carbons (Fsp3) is 0.200. The number of amides is 1. The molecule has 0 saturated heterocycles. The monoisotopic (exact) mass is 428 g/mol. The van der Waals surface area contributed by atoms with Gasteiger partial charge in [-0.15, -0.1) is 0 Å². The molecule has 0 aliphatic rings. The van der Waals surface area contributed by atoms with Crippen LogP contribution < -0.4 is 16.6 Å². The van der Waals surface area contributed by atoms with Crippen LogP contribution >= 0.6 is 0 Å². The highest BCUT2D eigenvalue weighted by atomic mass is 16.2. The number of rotatable bonds is 6. The highest BCUT2D eigenvalue weighted by Gasteiger charge is 2.16. The summed E-state index contributed by atoms with van der Waals surface area (Å²) in [6.07, 6.45) is 1.51. The standard InChI is InChI=1S/C25H24N4O3/c1-17-5-9-19(10-6-17)14-27-22(30)16-28-21-4-3-13-26-23(21)24(31)29(25(28)32)15-20-11-7-18(2)8-12-20/h3-13H,14-16H2,1-2H3,(H,27,30). The third kappa shape index (κ3) is 4.51. The number of carbonyl (C=O) groups is 1. The molecule has 0 saturated carbocycles. The minimum absolute atomic E-state index is 0.107. The Kier molecular flexibility index (Phi) is 5.98. The molecule has 4 aromatic rings. The Labute approximate surface area is 185 Å². The molecule has 1 amide bonds. The predicted molar refractivity (Wildman–Crippen MR) is 124 cm³/mol. The van der Waals surface area contributed by atoms with E-state index in [0.29, 0.717) is 12.1 Å². The lowest BCUT2D eigenvalue weighted by Gasteiger charge is -2.14. The molecule has 0 aliphatic heterocycles. The summed E-state index contributed by atoms with van der Waals surface area (Å²) in [5, 5.41) is 2.84. The molecule has 7 nitrogen and oxygen atoms in total. The normalized spacial score (nSPS) is 10.9. The third-order valence-corrected chi connectivity index (χ3v) is 5.36. The van der Waals surface area contributed by atoms with E-state index >= 15 is 0 Å². The molecule has 4 rings (SSSR count). The van der Waals surface area contributed by atoms with Crippen LogP contribution in [0, 0.1) is 13.8 Å². The molecule has 0 radical (unpaired) electrons. The van der Waals surface area contributed by atoms with Crippen molar-refractivity contribution in [2.24, 2.45) is 0 Å². The summed E-state index contributed by atoms with van der Waals surface area (Å²) in [6.45, 7) is 4.22. The molecule has 2 aromatic carbocycles. The van der Waals surface area contributed by atoms with E-state index in [1.807, 2.05) is 62.4 Å². The Balaban J connectivity index is 1.66. The van der Waals surface area contributed by atoms with Gasteiger partial charge in [0, 0.05) is 12.7 Å². The van der Waals surface area contributed by atoms with Crippen LogP contribution in [0.3, 0.4) is 0 Å². The number of nitrogens with zero attached hydrogens (tertiary/aromatic N) is 3. The Bertz CT molecular complexity index is 1380. The van der Waals surface area contributed by atoms with Gasteiger partial charge in [0.25, 0.3) is 5.56 Å². The minimum Gasteiger partial charge on any atom is -0.350 e. The zero-order chi connectivity index (χ0) is 22.7. The molecular formula is C25H24N4O3. The van der Waals surface area contributed by atoms with Gasteiger partial charge in [-0.3, -0.25) is 18.7 Å². The molecular weight excluding hydrogens is 404 g/mol. The number of benzene rings is 2. The number of pyridine rings is 1. The van der Waals surface area contributed by atoms with E-state index in [1.54, 1.807) is 12.1 Å². The van der Waals surface area contributed by atoms with Crippen molar-refractivity contribution in [2.75, 3.05) is 0 Å². The summed E-state index contributed by atoms with van der Waals surface area (Å²) >= 11 is 0. The highest BCUT2D eigenvalue weighted by Crippen LogP contribution is 2.08. The summed E-state index contributed by atoms with van der Waals surface area (Å²) in [6, 6.07) is 18.7. The number of aryl methyl sites for hydroxylation is 2. The van der Waals surface area contributed by atoms with Crippen molar-refractivity contribution in [2.45, 2.75) is 33.5 Å². The first kappa shape index (κ1) is 21.2. The van der Waals surface area contributed by atoms with E-state index in [0.717, 1.165) is 26.8 Å². The Hall–Kier alpha value is -4.00. The van der Waals surface area contributed by atoms with Gasteiger partial charge in [0.1, 0.15) is 6.54 Å². The van der Waals surface area contributed by atoms with Gasteiger partial charge in [0.05, 0.1) is 12.1 Å². The van der Waals surface area contributed by atoms with E-state index in [9.17, 15) is 14.4 Å². The van der Waals surface area contributed by atoms with Gasteiger partial charge >= 0.3 is 5.69 Å². The Morgan fingerprint density at radius 1 is 0.875 bits per heavy atom. The fourth-order valence-electron chi connectivity index (χ4n) is 3.52. The smallest absolute Gasteiger partial charge is 0.332 e. The number of aromatic nitrogens is 3. The molecule has 7 heteroatoms. The average Bonchev–Trinajstić information content (AvgIpc) is 2.80. The molecule has 32 heavy (non-hydrogen) atoms. The molecule has 0 fully saturated rings. The maximum Gasteiger partial charge on any atom is 0.332 e. The second-order valence-corrected chi connectivity index (χ2v) is 7.88. The molecule has 0 spiro atoms. The van der Waals surface area contributed by atoms with Crippen LogP contribution in [0.1, 0.15) is 22.3 Å². The molecule has 0 bridgehead atoms. The fourth-order valence-corrected chi connectivity index (χ4v) is 3.52. The van der Waals surface area contributed by atoms with Gasteiger partial charge in [-0.05, 0) is 37.1 Å². The molecule has 2 heterocycles. The van der Waals surface area contributed by atoms with Crippen molar-refractivity contribution < 1.29 is 4.79 Å². The lowest BCUT2D eigenvalue weighted by molar-refractivity contribution is -0.121. The van der Waals surface area contributed by atoms with Gasteiger partial charge in [0.2, 0.25) is 5.91 Å². The summed E-state index contributed by atoms with van der Waals surface area (Å²) in [7, 11) is 0. The van der Waals surface area contributed by atoms with E-state index in [-0.39, 0.29) is 24.5 Å². The number of nitrogens with one attached hydrogen (secondary N) is 1. The van der Waals surface area contributed by atoms with Crippen LogP contribution in [0.4, 0.5) is 0 Å². The second-order valence-electron chi connectivity index (χ2n) is 7.88. The van der Waals surface area contributed by atoms with Crippen molar-refractivity contribution in [3.05, 3.63) is 110 Å². The molecule has 1 N–H and O–H groups in total. The SMILES string of the molecule is Cc1ccc(CNC(=O)Cn2c(=O)n(Cc3ccc(C)cc3)c(=O)c3ncccc32)cc1. The van der Waals surface area contributed by atoms with Crippen LogP contribution in [0.15, 0.2) is 76.4 Å². The summed E-state index contributed by atoms with van der Waals surface area (Å²) in [5.74, 6) is -0.321. The quantitative estimate of drug-likeness (QED) is 0.511. The minimum atomic E-state index is -0.540. The number of fused-ring (bicyclic) bond motifs is 1. The predicted octanol–water partition coefficient (Wildman–Crippen LogP) is 2.54. The van der Waals surface area contributed by atoms with Crippen LogP contribution in [0.5, 0.6) is 0 Å². The van der Waals surface area contributed by atoms with Crippen LogP contribution in [-0.4, -0.2) is 20.0 Å². The highest BCUT2D eigenvalue weighted by molar-refractivity contribution is 5.79. The zero-order valence-electron chi connectivity index (χ0n) is 18.0. The first-order valence-corrected chi connectivity index (χ1v) is 10.4. The largest absolute Gasteiger partial charge is 0.350 e. The zero-order valence-corrected chi connectivity index (χ0v) is 18.0. The van der Waals surface area contributed by atoms with Crippen molar-refractivity contribution in [3.63, 3.8) is 0 Å². The van der Waals surface area contributed by atoms with E-state index in [2.05, 4.69) is 10.3 Å². The molecule has 0 unspecified atom stereocenters. The van der Waals surface area contributed by atoms with E-state index < -0.39 is 11.2 Å². The summed E-state index contributed by atoms with van der Waals surface area (Å²) in [4.78, 5) is 43.1. The van der Waals surface area contributed by atoms with Crippen LogP contribution in [-0.2, 0) is 24.4 Å². The first-order valence-electron chi connectivity index (χ1n) is 10.4. The topological polar surface area (TPSA) is 86.0 Å². The van der Waals surface area contributed by atoms with E-state index in [1.165, 1.54) is 10.8 Å². The third-order valence-electron chi connectivity index (χ3n) is 5.36. The van der Waals surface area contributed by atoms with Gasteiger partial charge in [0.15, 0.2) is 5.52 Å². The lowest BCUT2D eigenvalue weighted by atomic mass is 10.1. The van der Waals surface area contributed by atoms with Crippen molar-refractivity contribution >= 4 is 16.9 Å². The average molecular weight is 428 g/mol. The maximum atomic E-state index is 13.2. The van der Waals surface area contributed by atoms with Gasteiger partial charge in [-0.25, -0.2) is 9.78 Å². The summed E-state index contributed by atoms with van der Waals surface area (Å²) in [5.41, 5.74) is 3.50. The Morgan fingerprint density at radius 2 is 1.50 bits per heavy atom. The van der Waals surface area contributed by atoms with Crippen molar-refractivity contribution in [3.8, 4) is 0 Å². The first-order chi connectivity index (χ1) is 15.4. The van der Waals surface area contributed by atoms with E-state index in [4.69, 9.17) is 0 Å². The lowest BCUT2D eigenvalue weighted by Crippen LogP contribution is -2.43. The number of hydrogen-bond acceptors (Lipinski definition) is 4. The second kappa shape index (κ2) is 9.01. The molecule has 0 aliphatic carbocycles. The number of hydrogen-bond donors (Lipinski definition) is 1. The van der Waals surface area contributed by atoms with Crippen molar-refractivity contribution in [1.82, 2.24) is 19.4 Å².